The van der Waals surface area contributed by atoms with Crippen LogP contribution in [0, 0.1) is 0 Å². The van der Waals surface area contributed by atoms with Gasteiger partial charge in [-0.3, -0.25) is 4.79 Å². The van der Waals surface area contributed by atoms with Crippen LogP contribution in [0.25, 0.3) is 0 Å². The number of carbonyl (C=O) groups is 1. The highest BCUT2D eigenvalue weighted by molar-refractivity contribution is 6.30. The van der Waals surface area contributed by atoms with Crippen molar-refractivity contribution in [3.8, 4) is 5.75 Å². The molecular formula is C11H13ClO2. The second-order valence-electron chi connectivity index (χ2n) is 2.93. The van der Waals surface area contributed by atoms with Gasteiger partial charge in [0.1, 0.15) is 5.75 Å². The van der Waals surface area contributed by atoms with E-state index >= 15 is 0 Å². The minimum Gasteiger partial charge on any atom is -0.494 e. The Morgan fingerprint density at radius 1 is 1.50 bits per heavy atom. The average Bonchev–Trinajstić information content (AvgIpc) is 2.25. The van der Waals surface area contributed by atoms with Crippen LogP contribution in [0.3, 0.4) is 0 Å². The quantitative estimate of drug-likeness (QED) is 0.554. The van der Waals surface area contributed by atoms with Gasteiger partial charge in [-0.2, -0.15) is 0 Å². The number of halogens is 1. The van der Waals surface area contributed by atoms with E-state index in [4.69, 9.17) is 16.3 Å². The number of ketones is 1. The molecule has 0 aliphatic carbocycles. The van der Waals surface area contributed by atoms with E-state index in [-0.39, 0.29) is 11.7 Å². The maximum atomic E-state index is 11.3. The van der Waals surface area contributed by atoms with Gasteiger partial charge in [-0.25, -0.2) is 0 Å². The lowest BCUT2D eigenvalue weighted by atomic mass is 10.1. The summed E-state index contributed by atoms with van der Waals surface area (Å²) < 4.78 is 5.40. The number of ether oxygens (including phenoxy) is 1. The van der Waals surface area contributed by atoms with Crippen LogP contribution < -0.4 is 4.74 Å². The van der Waals surface area contributed by atoms with E-state index in [0.29, 0.717) is 12.2 Å². The zero-order valence-electron chi connectivity index (χ0n) is 8.13. The highest BCUT2D eigenvalue weighted by Crippen LogP contribution is 2.14. The first kappa shape index (κ1) is 11.1. The van der Waals surface area contributed by atoms with Crippen LogP contribution >= 0.6 is 11.6 Å². The van der Waals surface area contributed by atoms with Crippen LogP contribution in [0.1, 0.15) is 23.7 Å². The van der Waals surface area contributed by atoms with Crippen molar-refractivity contribution in [1.82, 2.24) is 0 Å². The molecule has 14 heavy (non-hydrogen) atoms. The number of carbonyl (C=O) groups excluding carboxylic acids is 1. The van der Waals surface area contributed by atoms with E-state index < -0.39 is 0 Å². The summed E-state index contributed by atoms with van der Waals surface area (Å²) in [6.45, 7) is 2.70. The van der Waals surface area contributed by atoms with E-state index in [1.165, 1.54) is 0 Å². The molecule has 0 bridgehead atoms. The summed E-state index contributed by atoms with van der Waals surface area (Å²) in [4.78, 5) is 11.3. The first-order chi connectivity index (χ1) is 6.77. The SMILES string of the molecule is CCCOc1cccc(C(=O)CCl)c1. The topological polar surface area (TPSA) is 26.3 Å². The van der Waals surface area contributed by atoms with Crippen LogP contribution in [0.5, 0.6) is 5.75 Å². The Labute approximate surface area is 88.8 Å². The van der Waals surface area contributed by atoms with Gasteiger partial charge in [0.05, 0.1) is 12.5 Å². The summed E-state index contributed by atoms with van der Waals surface area (Å²) in [6, 6.07) is 7.09. The predicted molar refractivity (Wildman–Crippen MR) is 57.3 cm³/mol. The summed E-state index contributed by atoms with van der Waals surface area (Å²) >= 11 is 5.45. The van der Waals surface area contributed by atoms with Crippen LogP contribution in [0.2, 0.25) is 0 Å². The molecular weight excluding hydrogens is 200 g/mol. The molecule has 0 saturated carbocycles. The van der Waals surface area contributed by atoms with Crippen molar-refractivity contribution in [2.45, 2.75) is 13.3 Å². The zero-order chi connectivity index (χ0) is 10.4. The third-order valence-electron chi connectivity index (χ3n) is 1.75. The lowest BCUT2D eigenvalue weighted by Gasteiger charge is -2.05. The number of rotatable bonds is 5. The van der Waals surface area contributed by atoms with Gasteiger partial charge in [-0.1, -0.05) is 19.1 Å². The summed E-state index contributed by atoms with van der Waals surface area (Å²) in [7, 11) is 0. The fraction of sp³-hybridized carbons (Fsp3) is 0.364. The molecule has 0 radical (unpaired) electrons. The van der Waals surface area contributed by atoms with E-state index in [9.17, 15) is 4.79 Å². The number of alkyl halides is 1. The maximum absolute atomic E-state index is 11.3. The molecule has 0 aliphatic rings. The molecule has 1 rings (SSSR count). The highest BCUT2D eigenvalue weighted by Gasteiger charge is 2.04. The Kier molecular flexibility index (Phi) is 4.47. The lowest BCUT2D eigenvalue weighted by molar-refractivity contribution is 0.102. The standard InChI is InChI=1S/C11H13ClO2/c1-2-6-14-10-5-3-4-9(7-10)11(13)8-12/h3-5,7H,2,6,8H2,1H3. The molecule has 1 aromatic carbocycles. The molecule has 0 heterocycles. The van der Waals surface area contributed by atoms with Gasteiger partial charge in [0.25, 0.3) is 0 Å². The first-order valence-corrected chi connectivity index (χ1v) is 5.13. The number of benzene rings is 1. The van der Waals surface area contributed by atoms with Gasteiger partial charge in [0, 0.05) is 5.56 Å². The molecule has 0 aromatic heterocycles. The molecule has 76 valence electrons. The van der Waals surface area contributed by atoms with Crippen LogP contribution in [-0.4, -0.2) is 18.3 Å². The minimum absolute atomic E-state index is 0.0111. The molecule has 0 N–H and O–H groups in total. The van der Waals surface area contributed by atoms with Gasteiger partial charge in [-0.15, -0.1) is 11.6 Å². The Balaban J connectivity index is 2.73. The first-order valence-electron chi connectivity index (χ1n) is 4.60. The normalized spacial score (nSPS) is 9.86. The third kappa shape index (κ3) is 3.04. The van der Waals surface area contributed by atoms with Crippen molar-refractivity contribution in [3.63, 3.8) is 0 Å². The number of hydrogen-bond acceptors (Lipinski definition) is 2. The van der Waals surface area contributed by atoms with Crippen molar-refractivity contribution in [3.05, 3.63) is 29.8 Å². The average molecular weight is 213 g/mol. The van der Waals surface area contributed by atoms with Crippen molar-refractivity contribution >= 4 is 17.4 Å². The van der Waals surface area contributed by atoms with Crippen molar-refractivity contribution in [2.24, 2.45) is 0 Å². The van der Waals surface area contributed by atoms with E-state index in [2.05, 4.69) is 0 Å². The van der Waals surface area contributed by atoms with Gasteiger partial charge in [0.15, 0.2) is 5.78 Å². The van der Waals surface area contributed by atoms with Gasteiger partial charge in [-0.05, 0) is 18.6 Å². The molecule has 2 nitrogen and oxygen atoms in total. The van der Waals surface area contributed by atoms with Gasteiger partial charge < -0.3 is 4.74 Å². The van der Waals surface area contributed by atoms with E-state index in [0.717, 1.165) is 12.2 Å². The lowest BCUT2D eigenvalue weighted by Crippen LogP contribution is -2.01. The van der Waals surface area contributed by atoms with E-state index in [1.807, 2.05) is 13.0 Å². The predicted octanol–water partition coefficient (Wildman–Crippen LogP) is 2.90. The number of hydrogen-bond donors (Lipinski definition) is 0. The van der Waals surface area contributed by atoms with Crippen LogP contribution in [0.4, 0.5) is 0 Å². The summed E-state index contributed by atoms with van der Waals surface area (Å²) in [5, 5.41) is 0. The molecule has 1 aromatic rings. The second kappa shape index (κ2) is 5.66. The van der Waals surface area contributed by atoms with Crippen LogP contribution in [0.15, 0.2) is 24.3 Å². The monoisotopic (exact) mass is 212 g/mol. The molecule has 0 saturated heterocycles. The Morgan fingerprint density at radius 3 is 2.93 bits per heavy atom. The molecule has 0 unspecified atom stereocenters. The molecule has 0 fully saturated rings. The second-order valence-corrected chi connectivity index (χ2v) is 3.20. The van der Waals surface area contributed by atoms with E-state index in [1.54, 1.807) is 18.2 Å². The van der Waals surface area contributed by atoms with Crippen molar-refractivity contribution in [2.75, 3.05) is 12.5 Å². The summed E-state index contributed by atoms with van der Waals surface area (Å²) in [6.07, 6.45) is 0.952. The number of Topliss-reactive ketones (excluding diaryl/α,β-unsaturated/α-hetero) is 1. The maximum Gasteiger partial charge on any atom is 0.177 e. The molecule has 3 heteroatoms. The Hall–Kier alpha value is -1.02. The van der Waals surface area contributed by atoms with Crippen LogP contribution in [-0.2, 0) is 0 Å². The van der Waals surface area contributed by atoms with Crippen molar-refractivity contribution in [1.29, 1.82) is 0 Å². The fourth-order valence-electron chi connectivity index (χ4n) is 1.06. The Bertz CT molecular complexity index is 310. The molecule has 0 amide bonds. The molecule has 0 aliphatic heterocycles. The fourth-order valence-corrected chi connectivity index (χ4v) is 1.21. The molecule has 0 atom stereocenters. The van der Waals surface area contributed by atoms with Crippen molar-refractivity contribution < 1.29 is 9.53 Å². The summed E-state index contributed by atoms with van der Waals surface area (Å²) in [5.74, 6) is 0.661. The van der Waals surface area contributed by atoms with Gasteiger partial charge >= 0.3 is 0 Å². The minimum atomic E-state index is -0.0754. The third-order valence-corrected chi connectivity index (χ3v) is 1.99. The Morgan fingerprint density at radius 2 is 2.29 bits per heavy atom. The van der Waals surface area contributed by atoms with Gasteiger partial charge in [0.2, 0.25) is 0 Å². The molecule has 0 spiro atoms. The summed E-state index contributed by atoms with van der Waals surface area (Å²) in [5.41, 5.74) is 0.605. The highest BCUT2D eigenvalue weighted by atomic mass is 35.5. The zero-order valence-corrected chi connectivity index (χ0v) is 8.88. The largest absolute Gasteiger partial charge is 0.494 e. The smallest absolute Gasteiger partial charge is 0.177 e.